The summed E-state index contributed by atoms with van der Waals surface area (Å²) in [7, 11) is 1.99. The van der Waals surface area contributed by atoms with E-state index in [-0.39, 0.29) is 28.5 Å². The number of likely N-dealkylation sites (N-methyl/N-ethyl adjacent to an activating group) is 1. The van der Waals surface area contributed by atoms with Crippen LogP contribution >= 0.6 is 0 Å². The number of ether oxygens (including phenoxy) is 1. The van der Waals surface area contributed by atoms with Crippen molar-refractivity contribution in [3.05, 3.63) is 47.0 Å². The minimum absolute atomic E-state index is 0.0974. The molecule has 1 amide bonds. The molecule has 1 saturated heterocycles. The van der Waals surface area contributed by atoms with Crippen molar-refractivity contribution in [1.82, 2.24) is 9.47 Å². The normalized spacial score (nSPS) is 20.3. The Morgan fingerprint density at radius 2 is 1.91 bits per heavy atom. The monoisotopic (exact) mass is 493 g/mol. The van der Waals surface area contributed by atoms with Crippen LogP contribution in [0.4, 0.5) is 13.2 Å². The highest BCUT2D eigenvalue weighted by Gasteiger charge is 2.33. The van der Waals surface area contributed by atoms with Crippen molar-refractivity contribution < 1.29 is 27.1 Å². The van der Waals surface area contributed by atoms with Gasteiger partial charge in [0.2, 0.25) is 0 Å². The lowest BCUT2D eigenvalue weighted by Crippen LogP contribution is -2.31. The van der Waals surface area contributed by atoms with Gasteiger partial charge in [-0.15, -0.1) is 0 Å². The van der Waals surface area contributed by atoms with E-state index in [1.807, 2.05) is 38.6 Å². The van der Waals surface area contributed by atoms with E-state index in [9.17, 15) is 18.0 Å². The first-order valence-electron chi connectivity index (χ1n) is 12.3. The first kappa shape index (κ1) is 25.5. The molecule has 1 aromatic heterocycles. The van der Waals surface area contributed by atoms with Crippen molar-refractivity contribution >= 4 is 5.91 Å². The molecule has 0 bridgehead atoms. The number of likely N-dealkylation sites (tertiary alicyclic amines) is 1. The summed E-state index contributed by atoms with van der Waals surface area (Å²) in [5, 5.41) is 0. The Morgan fingerprint density at radius 3 is 2.49 bits per heavy atom. The zero-order chi connectivity index (χ0) is 25.4. The van der Waals surface area contributed by atoms with Gasteiger partial charge in [-0.05, 0) is 63.4 Å². The number of hydrogen-bond acceptors (Lipinski definition) is 4. The van der Waals surface area contributed by atoms with Gasteiger partial charge in [-0.1, -0.05) is 27.2 Å². The van der Waals surface area contributed by atoms with Gasteiger partial charge in [-0.25, -0.2) is 0 Å². The van der Waals surface area contributed by atoms with E-state index in [4.69, 9.17) is 9.15 Å². The highest BCUT2D eigenvalue weighted by atomic mass is 19.4. The smallest absolute Gasteiger partial charge is 0.416 e. The van der Waals surface area contributed by atoms with Crippen molar-refractivity contribution in [3.63, 3.8) is 0 Å². The quantitative estimate of drug-likeness (QED) is 0.540. The summed E-state index contributed by atoms with van der Waals surface area (Å²) in [5.74, 6) is 0.418. The van der Waals surface area contributed by atoms with Crippen LogP contribution in [0.1, 0.15) is 74.6 Å². The summed E-state index contributed by atoms with van der Waals surface area (Å²) < 4.78 is 54.0. The van der Waals surface area contributed by atoms with E-state index in [2.05, 4.69) is 9.89 Å². The number of amides is 1. The number of oxazole rings is 1. The molecule has 1 aromatic carbocycles. The maximum atomic E-state index is 13.4. The van der Waals surface area contributed by atoms with Crippen LogP contribution in [0.25, 0.3) is 0 Å². The fraction of sp³-hybridized carbons (Fsp3) is 0.615. The Morgan fingerprint density at radius 1 is 1.17 bits per heavy atom. The van der Waals surface area contributed by atoms with E-state index in [1.165, 1.54) is 12.5 Å². The Labute approximate surface area is 203 Å². The van der Waals surface area contributed by atoms with E-state index < -0.39 is 17.6 Å². The number of halogens is 3. The zero-order valence-electron chi connectivity index (χ0n) is 20.8. The van der Waals surface area contributed by atoms with Crippen LogP contribution < -0.4 is 10.4 Å². The molecular weight excluding hydrogens is 459 g/mol. The molecule has 2 heterocycles. The second kappa shape index (κ2) is 9.84. The Balaban J connectivity index is 1.69. The molecule has 4 rings (SSSR count). The number of carbonyl (C=O) groups is 1. The topological polar surface area (TPSA) is 60.0 Å². The number of carbonyl (C=O) groups excluding carboxylic acids is 1. The molecule has 0 unspecified atom stereocenters. The standard InChI is InChI=1S/C26H34F3N3O3/c1-25(2,3)22-15-32(14-17-7-5-8-17)24(35-22)30-23(33)20-13-18(26(27,28)29)10-11-21(20)34-16-19-9-6-12-31(19)4/h10-11,13,15,17,19H,5-9,12,14,16H2,1-4H3/b30-24-/t19-/m0/s1. The molecule has 1 saturated carbocycles. The third kappa shape index (κ3) is 6.00. The molecule has 0 radical (unpaired) electrons. The van der Waals surface area contributed by atoms with Gasteiger partial charge >= 0.3 is 11.9 Å². The van der Waals surface area contributed by atoms with Gasteiger partial charge in [0, 0.05) is 24.2 Å². The predicted molar refractivity (Wildman–Crippen MR) is 125 cm³/mol. The molecule has 2 fully saturated rings. The van der Waals surface area contributed by atoms with Crippen LogP contribution in [0.15, 0.2) is 33.8 Å². The summed E-state index contributed by atoms with van der Waals surface area (Å²) in [4.78, 5) is 19.6. The highest BCUT2D eigenvalue weighted by Crippen LogP contribution is 2.33. The van der Waals surface area contributed by atoms with Crippen LogP contribution in [0.5, 0.6) is 5.75 Å². The van der Waals surface area contributed by atoms with Crippen LogP contribution in [0, 0.1) is 5.92 Å². The van der Waals surface area contributed by atoms with E-state index in [0.29, 0.717) is 24.8 Å². The predicted octanol–water partition coefficient (Wildman–Crippen LogP) is 5.41. The van der Waals surface area contributed by atoms with Crippen LogP contribution in [-0.2, 0) is 18.1 Å². The SMILES string of the molecule is CN1CCC[C@H]1COc1ccc(C(F)(F)F)cc1C(=O)/N=c1\oc(C(C)(C)C)cn1CC1CCC1. The third-order valence-electron chi connectivity index (χ3n) is 6.98. The summed E-state index contributed by atoms with van der Waals surface area (Å²) >= 11 is 0. The zero-order valence-corrected chi connectivity index (χ0v) is 20.8. The van der Waals surface area contributed by atoms with Gasteiger partial charge < -0.3 is 14.1 Å². The largest absolute Gasteiger partial charge is 0.491 e. The van der Waals surface area contributed by atoms with Crippen LogP contribution in [-0.4, -0.2) is 41.6 Å². The maximum absolute atomic E-state index is 13.4. The Kier molecular flexibility index (Phi) is 7.18. The lowest BCUT2D eigenvalue weighted by atomic mass is 9.85. The second-order valence-electron chi connectivity index (χ2n) is 10.8. The molecule has 0 spiro atoms. The molecule has 2 aromatic rings. The molecule has 6 nitrogen and oxygen atoms in total. The molecule has 1 atom stereocenters. The van der Waals surface area contributed by atoms with Crippen molar-refractivity contribution in [3.8, 4) is 5.75 Å². The number of hydrogen-bond donors (Lipinski definition) is 0. The van der Waals surface area contributed by atoms with Gasteiger partial charge in [0.1, 0.15) is 18.1 Å². The fourth-order valence-corrected chi connectivity index (χ4v) is 4.42. The molecule has 192 valence electrons. The first-order valence-corrected chi connectivity index (χ1v) is 12.3. The summed E-state index contributed by atoms with van der Waals surface area (Å²) in [5.41, 5.74) is -1.34. The molecule has 1 aliphatic heterocycles. The molecule has 2 aliphatic rings. The van der Waals surface area contributed by atoms with Crippen molar-refractivity contribution in [2.24, 2.45) is 10.9 Å². The van der Waals surface area contributed by atoms with Gasteiger partial charge in [-0.2, -0.15) is 18.2 Å². The molecular formula is C26H34F3N3O3. The number of aromatic nitrogens is 1. The van der Waals surface area contributed by atoms with Crippen LogP contribution in [0.2, 0.25) is 0 Å². The molecule has 0 N–H and O–H groups in total. The van der Waals surface area contributed by atoms with Gasteiger partial charge in [-0.3, -0.25) is 9.36 Å². The Bertz CT molecular complexity index is 1120. The summed E-state index contributed by atoms with van der Waals surface area (Å²) in [6.07, 6.45) is 2.59. The molecule has 35 heavy (non-hydrogen) atoms. The van der Waals surface area contributed by atoms with Gasteiger partial charge in [0.15, 0.2) is 0 Å². The second-order valence-corrected chi connectivity index (χ2v) is 10.8. The summed E-state index contributed by atoms with van der Waals surface area (Å²) in [6.45, 7) is 7.86. The minimum atomic E-state index is -4.59. The van der Waals surface area contributed by atoms with E-state index in [0.717, 1.165) is 44.4 Å². The highest BCUT2D eigenvalue weighted by molar-refractivity contribution is 5.97. The van der Waals surface area contributed by atoms with Gasteiger partial charge in [0.25, 0.3) is 5.91 Å². The number of alkyl halides is 3. The average molecular weight is 494 g/mol. The van der Waals surface area contributed by atoms with Gasteiger partial charge in [0.05, 0.1) is 11.1 Å². The van der Waals surface area contributed by atoms with Crippen molar-refractivity contribution in [2.45, 2.75) is 77.1 Å². The lowest BCUT2D eigenvalue weighted by Gasteiger charge is -2.25. The minimum Gasteiger partial charge on any atom is -0.491 e. The van der Waals surface area contributed by atoms with Crippen molar-refractivity contribution in [2.75, 3.05) is 20.2 Å². The average Bonchev–Trinajstić information content (AvgIpc) is 3.34. The Hall–Kier alpha value is -2.55. The maximum Gasteiger partial charge on any atom is 0.416 e. The number of nitrogens with zero attached hydrogens (tertiary/aromatic N) is 3. The first-order chi connectivity index (χ1) is 16.4. The van der Waals surface area contributed by atoms with Crippen LogP contribution in [0.3, 0.4) is 0 Å². The molecule has 1 aliphatic carbocycles. The van der Waals surface area contributed by atoms with E-state index in [1.54, 1.807) is 0 Å². The summed E-state index contributed by atoms with van der Waals surface area (Å²) in [6, 6.07) is 3.13. The number of benzene rings is 1. The third-order valence-corrected chi connectivity index (χ3v) is 6.98. The lowest BCUT2D eigenvalue weighted by molar-refractivity contribution is -0.137. The van der Waals surface area contributed by atoms with E-state index >= 15 is 0 Å². The number of rotatable bonds is 6. The van der Waals surface area contributed by atoms with Crippen molar-refractivity contribution in [1.29, 1.82) is 0 Å². The fourth-order valence-electron chi connectivity index (χ4n) is 4.42. The molecule has 9 heteroatoms.